The Kier molecular flexibility index (Phi) is 3.10. The molecule has 1 aromatic heterocycles. The predicted molar refractivity (Wildman–Crippen MR) is 75.1 cm³/mol. The summed E-state index contributed by atoms with van der Waals surface area (Å²) < 4.78 is 11.0. The number of carboxylic acids is 1. The van der Waals surface area contributed by atoms with Crippen LogP contribution in [0.1, 0.15) is 6.92 Å². The highest BCUT2D eigenvalue weighted by atomic mass is 16.5. The summed E-state index contributed by atoms with van der Waals surface area (Å²) in [6, 6.07) is 11.6. The molecule has 0 saturated heterocycles. The summed E-state index contributed by atoms with van der Waals surface area (Å²) in [6.07, 6.45) is -1.15. The molecule has 3 aromatic rings. The van der Waals surface area contributed by atoms with Crippen molar-refractivity contribution < 1.29 is 19.1 Å². The average molecular weight is 283 g/mol. The summed E-state index contributed by atoms with van der Waals surface area (Å²) in [5.41, 5.74) is 0.472. The van der Waals surface area contributed by atoms with Gasteiger partial charge in [0.2, 0.25) is 5.43 Å². The van der Waals surface area contributed by atoms with E-state index >= 15 is 0 Å². The lowest BCUT2D eigenvalue weighted by molar-refractivity contribution is -0.312. The van der Waals surface area contributed by atoms with Gasteiger partial charge in [-0.1, -0.05) is 18.2 Å². The maximum absolute atomic E-state index is 12.4. The van der Waals surface area contributed by atoms with E-state index in [0.717, 1.165) is 0 Å². The number of fused-ring (bicyclic) bond motifs is 2. The van der Waals surface area contributed by atoms with Crippen molar-refractivity contribution in [3.63, 3.8) is 0 Å². The average Bonchev–Trinajstić information content (AvgIpc) is 2.48. The van der Waals surface area contributed by atoms with Crippen LogP contribution in [0.3, 0.4) is 0 Å². The second-order valence-corrected chi connectivity index (χ2v) is 4.64. The van der Waals surface area contributed by atoms with Crippen LogP contribution in [0.4, 0.5) is 0 Å². The minimum absolute atomic E-state index is 0.182. The van der Waals surface area contributed by atoms with Crippen molar-refractivity contribution in [2.45, 2.75) is 13.0 Å². The number of carbonyl (C=O) groups is 1. The molecule has 0 aliphatic rings. The minimum Gasteiger partial charge on any atom is -0.546 e. The lowest BCUT2D eigenvalue weighted by Crippen LogP contribution is -2.37. The van der Waals surface area contributed by atoms with Gasteiger partial charge in [-0.2, -0.15) is 0 Å². The van der Waals surface area contributed by atoms with E-state index in [0.29, 0.717) is 16.4 Å². The fraction of sp³-hybridized carbons (Fsp3) is 0.125. The van der Waals surface area contributed by atoms with Crippen molar-refractivity contribution in [2.24, 2.45) is 0 Å². The van der Waals surface area contributed by atoms with Gasteiger partial charge in [-0.05, 0) is 31.2 Å². The van der Waals surface area contributed by atoms with Crippen molar-refractivity contribution in [3.8, 4) is 5.75 Å². The number of hydrogen-bond donors (Lipinski definition) is 0. The van der Waals surface area contributed by atoms with Crippen LogP contribution in [0.25, 0.3) is 21.9 Å². The molecule has 5 heteroatoms. The van der Waals surface area contributed by atoms with Gasteiger partial charge in [-0.3, -0.25) is 4.79 Å². The Morgan fingerprint density at radius 3 is 2.62 bits per heavy atom. The molecule has 3 rings (SSSR count). The largest absolute Gasteiger partial charge is 0.546 e. The molecule has 0 spiro atoms. The van der Waals surface area contributed by atoms with Crippen LogP contribution in [0.15, 0.2) is 51.7 Å². The number of hydrogen-bond acceptors (Lipinski definition) is 5. The molecule has 0 fully saturated rings. The second kappa shape index (κ2) is 4.94. The van der Waals surface area contributed by atoms with Crippen LogP contribution in [0, 0.1) is 0 Å². The van der Waals surface area contributed by atoms with Crippen LogP contribution >= 0.6 is 0 Å². The van der Waals surface area contributed by atoms with E-state index in [-0.39, 0.29) is 16.8 Å². The van der Waals surface area contributed by atoms with E-state index in [1.807, 2.05) is 0 Å². The zero-order valence-electron chi connectivity index (χ0n) is 11.2. The monoisotopic (exact) mass is 283 g/mol. The molecule has 0 N–H and O–H groups in total. The maximum atomic E-state index is 12.4. The van der Waals surface area contributed by atoms with Gasteiger partial charge in [0.25, 0.3) is 0 Å². The first-order chi connectivity index (χ1) is 10.1. The molecule has 21 heavy (non-hydrogen) atoms. The predicted octanol–water partition coefficient (Wildman–Crippen LogP) is 1.46. The van der Waals surface area contributed by atoms with Gasteiger partial charge in [-0.25, -0.2) is 0 Å². The van der Waals surface area contributed by atoms with Gasteiger partial charge in [0.15, 0.2) is 11.3 Å². The standard InChI is InChI=1S/C16H12O5/c1-9(16(18)19)20-13-8-4-6-11-14(17)10-5-2-3-7-12(10)21-15(11)13/h2-9H,1H3,(H,18,19)/p-1/t9-/m1/s1. The van der Waals surface area contributed by atoms with Crippen molar-refractivity contribution >= 4 is 27.9 Å². The number of ether oxygens (including phenoxy) is 1. The number of carbonyl (C=O) groups excluding carboxylic acids is 1. The summed E-state index contributed by atoms with van der Waals surface area (Å²) >= 11 is 0. The number of benzene rings is 2. The van der Waals surface area contributed by atoms with Crippen LogP contribution in [0.5, 0.6) is 5.75 Å². The molecule has 0 aliphatic carbocycles. The van der Waals surface area contributed by atoms with Crippen LogP contribution in [-0.4, -0.2) is 12.1 Å². The second-order valence-electron chi connectivity index (χ2n) is 4.64. The topological polar surface area (TPSA) is 79.6 Å². The summed E-state index contributed by atoms with van der Waals surface area (Å²) in [5.74, 6) is -1.14. The van der Waals surface area contributed by atoms with E-state index < -0.39 is 12.1 Å². The molecule has 1 heterocycles. The number of carboxylic acid groups (broad SMARTS) is 1. The summed E-state index contributed by atoms with van der Waals surface area (Å²) in [4.78, 5) is 23.2. The van der Waals surface area contributed by atoms with Gasteiger partial charge in [-0.15, -0.1) is 0 Å². The van der Waals surface area contributed by atoms with Gasteiger partial charge < -0.3 is 19.1 Å². The van der Waals surface area contributed by atoms with Gasteiger partial charge in [0.05, 0.1) is 16.7 Å². The van der Waals surface area contributed by atoms with E-state index in [9.17, 15) is 14.7 Å². The maximum Gasteiger partial charge on any atom is 0.200 e. The number of aliphatic carboxylic acids is 1. The van der Waals surface area contributed by atoms with E-state index in [2.05, 4.69) is 0 Å². The number of para-hydroxylation sites is 2. The molecule has 0 unspecified atom stereocenters. The molecule has 0 radical (unpaired) electrons. The fourth-order valence-corrected chi connectivity index (χ4v) is 2.13. The van der Waals surface area contributed by atoms with Crippen molar-refractivity contribution in [2.75, 3.05) is 0 Å². The Hall–Kier alpha value is -2.82. The molecule has 2 aromatic carbocycles. The van der Waals surface area contributed by atoms with Crippen molar-refractivity contribution in [1.29, 1.82) is 0 Å². The molecular weight excluding hydrogens is 272 g/mol. The first-order valence-electron chi connectivity index (χ1n) is 6.40. The summed E-state index contributed by atoms with van der Waals surface area (Å²) in [5, 5.41) is 11.6. The van der Waals surface area contributed by atoms with E-state index in [1.165, 1.54) is 6.92 Å². The van der Waals surface area contributed by atoms with Crippen LogP contribution < -0.4 is 15.3 Å². The molecule has 5 nitrogen and oxygen atoms in total. The Morgan fingerprint density at radius 1 is 1.14 bits per heavy atom. The zero-order valence-corrected chi connectivity index (χ0v) is 11.2. The molecule has 0 aliphatic heterocycles. The molecule has 0 bridgehead atoms. The third-order valence-electron chi connectivity index (χ3n) is 3.20. The first-order valence-corrected chi connectivity index (χ1v) is 6.40. The normalized spacial score (nSPS) is 12.4. The Labute approximate surface area is 119 Å². The molecule has 106 valence electrons. The smallest absolute Gasteiger partial charge is 0.200 e. The van der Waals surface area contributed by atoms with Crippen molar-refractivity contribution in [3.05, 3.63) is 52.7 Å². The van der Waals surface area contributed by atoms with E-state index in [4.69, 9.17) is 9.15 Å². The molecule has 1 atom stereocenters. The number of rotatable bonds is 3. The highest BCUT2D eigenvalue weighted by molar-refractivity contribution is 5.92. The van der Waals surface area contributed by atoms with E-state index in [1.54, 1.807) is 42.5 Å². The SMILES string of the molecule is C[C@@H](Oc1cccc2c(=O)c3ccccc3oc12)C(=O)[O-]. The van der Waals surface area contributed by atoms with Gasteiger partial charge in [0.1, 0.15) is 11.7 Å². The Balaban J connectivity index is 2.28. The highest BCUT2D eigenvalue weighted by Crippen LogP contribution is 2.27. The lowest BCUT2D eigenvalue weighted by Gasteiger charge is -2.16. The van der Waals surface area contributed by atoms with Gasteiger partial charge in [0, 0.05) is 0 Å². The van der Waals surface area contributed by atoms with Crippen LogP contribution in [0.2, 0.25) is 0 Å². The summed E-state index contributed by atoms with van der Waals surface area (Å²) in [6.45, 7) is 1.35. The molecular formula is C16H11O5-. The molecule has 0 saturated carbocycles. The Bertz CT molecular complexity index is 894. The third kappa shape index (κ3) is 2.23. The fourth-order valence-electron chi connectivity index (χ4n) is 2.13. The van der Waals surface area contributed by atoms with Crippen molar-refractivity contribution in [1.82, 2.24) is 0 Å². The summed E-state index contributed by atoms with van der Waals surface area (Å²) in [7, 11) is 0. The quantitative estimate of drug-likeness (QED) is 0.680. The molecule has 0 amide bonds. The third-order valence-corrected chi connectivity index (χ3v) is 3.20. The van der Waals surface area contributed by atoms with Gasteiger partial charge >= 0.3 is 0 Å². The Morgan fingerprint density at radius 2 is 1.86 bits per heavy atom. The van der Waals surface area contributed by atoms with Crippen LogP contribution in [-0.2, 0) is 4.79 Å². The lowest BCUT2D eigenvalue weighted by atomic mass is 10.1. The highest BCUT2D eigenvalue weighted by Gasteiger charge is 2.13. The first kappa shape index (κ1) is 13.2. The minimum atomic E-state index is -1.34. The zero-order chi connectivity index (χ0) is 15.0.